The Balaban J connectivity index is 2.01. The van der Waals surface area contributed by atoms with Crippen LogP contribution in [-0.4, -0.2) is 11.2 Å². The largest absolute Gasteiger partial charge is 0.392 e. The van der Waals surface area contributed by atoms with Gasteiger partial charge >= 0.3 is 0 Å². The normalized spacial score (nSPS) is 12.4. The summed E-state index contributed by atoms with van der Waals surface area (Å²) in [5.41, 5.74) is 4.54. The molecular formula is C17H19ClO. The molecule has 0 saturated carbocycles. The predicted molar refractivity (Wildman–Crippen MR) is 80.8 cm³/mol. The molecule has 0 aliphatic carbocycles. The molecule has 0 aromatic heterocycles. The Kier molecular flexibility index (Phi) is 4.62. The van der Waals surface area contributed by atoms with Gasteiger partial charge in [0.15, 0.2) is 0 Å². The van der Waals surface area contributed by atoms with E-state index in [0.717, 1.165) is 21.7 Å². The maximum atomic E-state index is 10.2. The van der Waals surface area contributed by atoms with Crippen LogP contribution in [0.4, 0.5) is 0 Å². The maximum absolute atomic E-state index is 10.2. The van der Waals surface area contributed by atoms with Gasteiger partial charge in [0.25, 0.3) is 0 Å². The van der Waals surface area contributed by atoms with Gasteiger partial charge in [-0.15, -0.1) is 0 Å². The molecule has 2 aromatic rings. The molecule has 0 spiro atoms. The van der Waals surface area contributed by atoms with Crippen molar-refractivity contribution in [3.63, 3.8) is 0 Å². The van der Waals surface area contributed by atoms with Crippen molar-refractivity contribution in [1.82, 2.24) is 0 Å². The summed E-state index contributed by atoms with van der Waals surface area (Å²) in [4.78, 5) is 0. The van der Waals surface area contributed by atoms with Crippen LogP contribution >= 0.6 is 11.6 Å². The van der Waals surface area contributed by atoms with Crippen molar-refractivity contribution in [2.45, 2.75) is 32.8 Å². The molecule has 0 amide bonds. The Morgan fingerprint density at radius 1 is 0.947 bits per heavy atom. The third kappa shape index (κ3) is 4.09. The van der Waals surface area contributed by atoms with Crippen LogP contribution in [0.1, 0.15) is 22.3 Å². The standard InChI is InChI=1S/C17H19ClO/c1-12-3-6-14(7-4-12)10-16(19)11-15-8-5-13(2)9-17(15)18/h3-9,16,19H,10-11H2,1-2H3. The fourth-order valence-corrected chi connectivity index (χ4v) is 2.45. The van der Waals surface area contributed by atoms with E-state index in [-0.39, 0.29) is 0 Å². The van der Waals surface area contributed by atoms with E-state index < -0.39 is 6.10 Å². The minimum atomic E-state index is -0.400. The van der Waals surface area contributed by atoms with Crippen LogP contribution in [0.3, 0.4) is 0 Å². The number of aliphatic hydroxyl groups excluding tert-OH is 1. The van der Waals surface area contributed by atoms with Crippen LogP contribution < -0.4 is 0 Å². The van der Waals surface area contributed by atoms with Crippen molar-refractivity contribution in [3.8, 4) is 0 Å². The van der Waals surface area contributed by atoms with Crippen LogP contribution in [-0.2, 0) is 12.8 Å². The summed E-state index contributed by atoms with van der Waals surface area (Å²) >= 11 is 6.19. The highest BCUT2D eigenvalue weighted by molar-refractivity contribution is 6.31. The number of rotatable bonds is 4. The third-order valence-electron chi connectivity index (χ3n) is 3.26. The zero-order valence-corrected chi connectivity index (χ0v) is 12.1. The minimum Gasteiger partial charge on any atom is -0.392 e. The van der Waals surface area contributed by atoms with Crippen molar-refractivity contribution in [2.24, 2.45) is 0 Å². The zero-order chi connectivity index (χ0) is 13.8. The highest BCUT2D eigenvalue weighted by Gasteiger charge is 2.09. The molecule has 1 atom stereocenters. The summed E-state index contributed by atoms with van der Waals surface area (Å²) in [5.74, 6) is 0. The number of halogens is 1. The first kappa shape index (κ1) is 14.1. The Morgan fingerprint density at radius 2 is 1.58 bits per heavy atom. The molecule has 19 heavy (non-hydrogen) atoms. The molecule has 2 rings (SSSR count). The van der Waals surface area contributed by atoms with Gasteiger partial charge in [-0.1, -0.05) is 53.6 Å². The summed E-state index contributed by atoms with van der Waals surface area (Å²) < 4.78 is 0. The summed E-state index contributed by atoms with van der Waals surface area (Å²) in [7, 11) is 0. The fraction of sp³-hybridized carbons (Fsp3) is 0.294. The summed E-state index contributed by atoms with van der Waals surface area (Å²) in [6, 6.07) is 14.2. The lowest BCUT2D eigenvalue weighted by Gasteiger charge is -2.12. The van der Waals surface area contributed by atoms with E-state index in [1.165, 1.54) is 5.56 Å². The van der Waals surface area contributed by atoms with Crippen LogP contribution in [0.5, 0.6) is 0 Å². The van der Waals surface area contributed by atoms with Gasteiger partial charge in [-0.3, -0.25) is 0 Å². The smallest absolute Gasteiger partial charge is 0.0621 e. The number of benzene rings is 2. The Hall–Kier alpha value is -1.31. The average Bonchev–Trinajstić information content (AvgIpc) is 2.36. The Bertz CT molecular complexity index is 546. The molecule has 1 nitrogen and oxygen atoms in total. The quantitative estimate of drug-likeness (QED) is 0.890. The Morgan fingerprint density at radius 3 is 2.21 bits per heavy atom. The first-order chi connectivity index (χ1) is 9.04. The molecule has 0 heterocycles. The molecule has 1 N–H and O–H groups in total. The van der Waals surface area contributed by atoms with Crippen molar-refractivity contribution < 1.29 is 5.11 Å². The van der Waals surface area contributed by atoms with Crippen molar-refractivity contribution >= 4 is 11.6 Å². The molecule has 0 radical (unpaired) electrons. The predicted octanol–water partition coefficient (Wildman–Crippen LogP) is 4.10. The SMILES string of the molecule is Cc1ccc(CC(O)Cc2ccc(C)cc2Cl)cc1. The van der Waals surface area contributed by atoms with Gasteiger partial charge in [-0.25, -0.2) is 0 Å². The third-order valence-corrected chi connectivity index (χ3v) is 3.61. The van der Waals surface area contributed by atoms with Gasteiger partial charge in [-0.2, -0.15) is 0 Å². The lowest BCUT2D eigenvalue weighted by molar-refractivity contribution is 0.175. The van der Waals surface area contributed by atoms with E-state index in [1.807, 2.05) is 25.1 Å². The Labute approximate surface area is 119 Å². The highest BCUT2D eigenvalue weighted by Crippen LogP contribution is 2.20. The van der Waals surface area contributed by atoms with Crippen LogP contribution in [0.2, 0.25) is 5.02 Å². The summed E-state index contributed by atoms with van der Waals surface area (Å²) in [5, 5.41) is 10.9. The number of hydrogen-bond donors (Lipinski definition) is 1. The van der Waals surface area contributed by atoms with Gasteiger partial charge in [0.05, 0.1) is 6.10 Å². The molecular weight excluding hydrogens is 256 g/mol. The van der Waals surface area contributed by atoms with Crippen LogP contribution in [0.25, 0.3) is 0 Å². The molecule has 0 aliphatic rings. The molecule has 2 aromatic carbocycles. The molecule has 0 saturated heterocycles. The van der Waals surface area contributed by atoms with E-state index in [0.29, 0.717) is 12.8 Å². The number of aryl methyl sites for hydroxylation is 2. The van der Waals surface area contributed by atoms with Crippen LogP contribution in [0, 0.1) is 13.8 Å². The molecule has 100 valence electrons. The van der Waals surface area contributed by atoms with E-state index in [2.05, 4.69) is 31.2 Å². The number of hydrogen-bond acceptors (Lipinski definition) is 1. The second-order valence-corrected chi connectivity index (χ2v) is 5.55. The van der Waals surface area contributed by atoms with Gasteiger partial charge < -0.3 is 5.11 Å². The van der Waals surface area contributed by atoms with Crippen LogP contribution in [0.15, 0.2) is 42.5 Å². The maximum Gasteiger partial charge on any atom is 0.0621 e. The first-order valence-corrected chi connectivity index (χ1v) is 6.91. The molecule has 0 fully saturated rings. The topological polar surface area (TPSA) is 20.2 Å². The molecule has 0 aliphatic heterocycles. The van der Waals surface area contributed by atoms with Gasteiger partial charge in [0, 0.05) is 11.4 Å². The first-order valence-electron chi connectivity index (χ1n) is 6.53. The monoisotopic (exact) mass is 274 g/mol. The highest BCUT2D eigenvalue weighted by atomic mass is 35.5. The lowest BCUT2D eigenvalue weighted by Crippen LogP contribution is -2.14. The van der Waals surface area contributed by atoms with Gasteiger partial charge in [-0.05, 0) is 43.0 Å². The van der Waals surface area contributed by atoms with E-state index in [1.54, 1.807) is 0 Å². The number of aliphatic hydroxyl groups is 1. The minimum absolute atomic E-state index is 0.400. The lowest BCUT2D eigenvalue weighted by atomic mass is 10.00. The summed E-state index contributed by atoms with van der Waals surface area (Å²) in [6.07, 6.45) is 0.847. The van der Waals surface area contributed by atoms with E-state index in [9.17, 15) is 5.11 Å². The zero-order valence-electron chi connectivity index (χ0n) is 11.4. The van der Waals surface area contributed by atoms with Crippen molar-refractivity contribution in [1.29, 1.82) is 0 Å². The van der Waals surface area contributed by atoms with Crippen molar-refractivity contribution in [3.05, 3.63) is 69.7 Å². The van der Waals surface area contributed by atoms with Gasteiger partial charge in [0.2, 0.25) is 0 Å². The fourth-order valence-electron chi connectivity index (χ4n) is 2.14. The van der Waals surface area contributed by atoms with E-state index in [4.69, 9.17) is 11.6 Å². The van der Waals surface area contributed by atoms with E-state index >= 15 is 0 Å². The molecule has 2 heteroatoms. The molecule has 1 unspecified atom stereocenters. The molecule has 0 bridgehead atoms. The average molecular weight is 275 g/mol. The summed E-state index contributed by atoms with van der Waals surface area (Å²) in [6.45, 7) is 4.07. The second kappa shape index (κ2) is 6.23. The van der Waals surface area contributed by atoms with Gasteiger partial charge in [0.1, 0.15) is 0 Å². The van der Waals surface area contributed by atoms with Crippen molar-refractivity contribution in [2.75, 3.05) is 0 Å². The second-order valence-electron chi connectivity index (χ2n) is 5.14.